The summed E-state index contributed by atoms with van der Waals surface area (Å²) in [4.78, 5) is 11.2. The molecule has 7 heteroatoms. The van der Waals surface area contributed by atoms with E-state index in [9.17, 15) is 9.90 Å². The van der Waals surface area contributed by atoms with Crippen LogP contribution < -0.4 is 4.74 Å². The number of methoxy groups -OCH3 is 1. The summed E-state index contributed by atoms with van der Waals surface area (Å²) < 4.78 is 15.0. The van der Waals surface area contributed by atoms with Crippen molar-refractivity contribution in [2.24, 2.45) is 0 Å². The summed E-state index contributed by atoms with van der Waals surface area (Å²) in [5.74, 6) is 0.106. The van der Waals surface area contributed by atoms with Crippen molar-refractivity contribution in [3.8, 4) is 11.5 Å². The maximum atomic E-state index is 11.2. The van der Waals surface area contributed by atoms with Crippen LogP contribution >= 0.6 is 23.2 Å². The normalized spacial score (nSPS) is 10.7. The number of ether oxygens (including phenoxy) is 2. The SMILES string of the molecule is COC(=O)COc1cc(Cl)c(Cc2ccc(O)c(Cc3ccoc3)c2)c(Cl)c1. The van der Waals surface area contributed by atoms with Crippen molar-refractivity contribution in [3.63, 3.8) is 0 Å². The summed E-state index contributed by atoms with van der Waals surface area (Å²) in [6.07, 6.45) is 4.28. The molecule has 3 rings (SSSR count). The van der Waals surface area contributed by atoms with E-state index >= 15 is 0 Å². The molecule has 146 valence electrons. The Morgan fingerprint density at radius 2 is 1.82 bits per heavy atom. The number of esters is 1. The number of phenolic OH excluding ortho intramolecular Hbond substituents is 1. The van der Waals surface area contributed by atoms with E-state index in [1.165, 1.54) is 7.11 Å². The molecule has 28 heavy (non-hydrogen) atoms. The van der Waals surface area contributed by atoms with Crippen molar-refractivity contribution < 1.29 is 23.8 Å². The average Bonchev–Trinajstić information content (AvgIpc) is 3.18. The molecule has 0 unspecified atom stereocenters. The molecule has 0 radical (unpaired) electrons. The van der Waals surface area contributed by atoms with Crippen molar-refractivity contribution in [3.05, 3.63) is 81.2 Å². The predicted octanol–water partition coefficient (Wildman–Crippen LogP) is 5.03. The van der Waals surface area contributed by atoms with E-state index in [0.717, 1.165) is 22.3 Å². The van der Waals surface area contributed by atoms with Crippen LogP contribution in [0.5, 0.6) is 11.5 Å². The lowest BCUT2D eigenvalue weighted by molar-refractivity contribution is -0.142. The predicted molar refractivity (Wildman–Crippen MR) is 106 cm³/mol. The van der Waals surface area contributed by atoms with E-state index in [4.69, 9.17) is 32.4 Å². The van der Waals surface area contributed by atoms with Crippen molar-refractivity contribution >= 4 is 29.2 Å². The highest BCUT2D eigenvalue weighted by Crippen LogP contribution is 2.33. The molecule has 0 atom stereocenters. The van der Waals surface area contributed by atoms with Crippen LogP contribution in [-0.2, 0) is 22.4 Å². The second-order valence-electron chi connectivity index (χ2n) is 6.18. The summed E-state index contributed by atoms with van der Waals surface area (Å²) in [5.41, 5.74) is 3.43. The Balaban J connectivity index is 1.78. The first-order chi connectivity index (χ1) is 13.5. The van der Waals surface area contributed by atoms with Gasteiger partial charge in [0.05, 0.1) is 19.6 Å². The van der Waals surface area contributed by atoms with Crippen LogP contribution in [0.3, 0.4) is 0 Å². The number of benzene rings is 2. The molecule has 0 aliphatic carbocycles. The van der Waals surface area contributed by atoms with Gasteiger partial charge >= 0.3 is 5.97 Å². The zero-order valence-corrected chi connectivity index (χ0v) is 16.6. The molecular weight excluding hydrogens is 403 g/mol. The van der Waals surface area contributed by atoms with Crippen LogP contribution in [0.25, 0.3) is 0 Å². The van der Waals surface area contributed by atoms with Crippen molar-refractivity contribution in [2.75, 3.05) is 13.7 Å². The van der Waals surface area contributed by atoms with Crippen molar-refractivity contribution in [2.45, 2.75) is 12.8 Å². The highest BCUT2D eigenvalue weighted by atomic mass is 35.5. The summed E-state index contributed by atoms with van der Waals surface area (Å²) in [6, 6.07) is 10.5. The van der Waals surface area contributed by atoms with Gasteiger partial charge in [-0.3, -0.25) is 0 Å². The number of hydrogen-bond acceptors (Lipinski definition) is 5. The van der Waals surface area contributed by atoms with Gasteiger partial charge in [0.25, 0.3) is 0 Å². The molecule has 5 nitrogen and oxygen atoms in total. The highest BCUT2D eigenvalue weighted by molar-refractivity contribution is 6.36. The minimum Gasteiger partial charge on any atom is -0.508 e. The standard InChI is InChI=1S/C21H18Cl2O5/c1-26-21(25)12-28-16-9-18(22)17(19(23)10-16)8-13-2-3-20(24)15(6-13)7-14-4-5-27-11-14/h2-6,9-11,24H,7-8,12H2,1H3. The van der Waals surface area contributed by atoms with Crippen LogP contribution in [0.1, 0.15) is 22.3 Å². The summed E-state index contributed by atoms with van der Waals surface area (Å²) in [7, 11) is 1.28. The van der Waals surface area contributed by atoms with E-state index in [1.807, 2.05) is 18.2 Å². The number of furan rings is 1. The first-order valence-electron chi connectivity index (χ1n) is 8.45. The maximum absolute atomic E-state index is 11.2. The van der Waals surface area contributed by atoms with E-state index in [2.05, 4.69) is 4.74 Å². The molecule has 0 aliphatic heterocycles. The van der Waals surface area contributed by atoms with Crippen LogP contribution in [0.4, 0.5) is 0 Å². The number of carbonyl (C=O) groups excluding carboxylic acids is 1. The van der Waals surface area contributed by atoms with Gasteiger partial charge in [-0.15, -0.1) is 0 Å². The van der Waals surface area contributed by atoms with Gasteiger partial charge in [0.2, 0.25) is 0 Å². The number of halogens is 2. The second kappa shape index (κ2) is 9.04. The summed E-state index contributed by atoms with van der Waals surface area (Å²) in [5, 5.41) is 11.0. The van der Waals surface area contributed by atoms with Gasteiger partial charge in [-0.1, -0.05) is 35.3 Å². The molecule has 1 N–H and O–H groups in total. The molecule has 0 bridgehead atoms. The molecule has 3 aromatic rings. The van der Waals surface area contributed by atoms with Gasteiger partial charge in [-0.05, 0) is 46.5 Å². The zero-order chi connectivity index (χ0) is 20.1. The Kier molecular flexibility index (Phi) is 6.49. The monoisotopic (exact) mass is 420 g/mol. The molecule has 1 heterocycles. The number of rotatable bonds is 7. The molecule has 0 saturated carbocycles. The van der Waals surface area contributed by atoms with Gasteiger partial charge < -0.3 is 19.0 Å². The molecule has 0 saturated heterocycles. The Hall–Kier alpha value is -2.63. The topological polar surface area (TPSA) is 68.9 Å². The minimum absolute atomic E-state index is 0.216. The number of hydrogen-bond donors (Lipinski definition) is 1. The Labute approximate surface area is 172 Å². The number of carbonyl (C=O) groups is 1. The minimum atomic E-state index is -0.495. The highest BCUT2D eigenvalue weighted by Gasteiger charge is 2.13. The first kappa shape index (κ1) is 20.1. The smallest absolute Gasteiger partial charge is 0.343 e. The average molecular weight is 421 g/mol. The van der Waals surface area contributed by atoms with Crippen molar-refractivity contribution in [1.82, 2.24) is 0 Å². The fraction of sp³-hybridized carbons (Fsp3) is 0.190. The quantitative estimate of drug-likeness (QED) is 0.543. The first-order valence-corrected chi connectivity index (χ1v) is 9.21. The third-order valence-electron chi connectivity index (χ3n) is 4.20. The van der Waals surface area contributed by atoms with E-state index in [1.54, 1.807) is 30.7 Å². The third-order valence-corrected chi connectivity index (χ3v) is 4.87. The van der Waals surface area contributed by atoms with Gasteiger partial charge in [0.1, 0.15) is 11.5 Å². The van der Waals surface area contributed by atoms with Crippen LogP contribution in [0, 0.1) is 0 Å². The fourth-order valence-electron chi connectivity index (χ4n) is 2.74. The Morgan fingerprint density at radius 1 is 1.07 bits per heavy atom. The molecule has 1 aromatic heterocycles. The molecule has 0 amide bonds. The van der Waals surface area contributed by atoms with Crippen molar-refractivity contribution in [1.29, 1.82) is 0 Å². The van der Waals surface area contributed by atoms with Crippen LogP contribution in [0.2, 0.25) is 10.0 Å². The van der Waals surface area contributed by atoms with Gasteiger partial charge in [0, 0.05) is 22.9 Å². The maximum Gasteiger partial charge on any atom is 0.343 e. The molecule has 0 aliphatic rings. The lowest BCUT2D eigenvalue weighted by atomic mass is 9.99. The largest absolute Gasteiger partial charge is 0.508 e. The number of phenols is 1. The third kappa shape index (κ3) is 5.00. The zero-order valence-electron chi connectivity index (χ0n) is 15.1. The molecule has 0 fully saturated rings. The Morgan fingerprint density at radius 3 is 2.46 bits per heavy atom. The van der Waals surface area contributed by atoms with E-state index in [0.29, 0.717) is 28.6 Å². The van der Waals surface area contributed by atoms with E-state index < -0.39 is 5.97 Å². The van der Waals surface area contributed by atoms with E-state index in [-0.39, 0.29) is 12.4 Å². The molecular formula is C21H18Cl2O5. The lowest BCUT2D eigenvalue weighted by Gasteiger charge is -2.12. The molecule has 2 aromatic carbocycles. The fourth-order valence-corrected chi connectivity index (χ4v) is 3.34. The van der Waals surface area contributed by atoms with Gasteiger partial charge in [0.15, 0.2) is 6.61 Å². The lowest BCUT2D eigenvalue weighted by Crippen LogP contribution is -2.12. The number of aromatic hydroxyl groups is 1. The van der Waals surface area contributed by atoms with Gasteiger partial charge in [-0.25, -0.2) is 4.79 Å². The molecule has 0 spiro atoms. The summed E-state index contributed by atoms with van der Waals surface area (Å²) in [6.45, 7) is -0.224. The van der Waals surface area contributed by atoms with Crippen LogP contribution in [-0.4, -0.2) is 24.8 Å². The second-order valence-corrected chi connectivity index (χ2v) is 6.99. The summed E-state index contributed by atoms with van der Waals surface area (Å²) >= 11 is 12.8. The van der Waals surface area contributed by atoms with Gasteiger partial charge in [-0.2, -0.15) is 0 Å². The Bertz CT molecular complexity index is 944. The van der Waals surface area contributed by atoms with Crippen LogP contribution in [0.15, 0.2) is 53.3 Å².